The number of halogens is 5. The van der Waals surface area contributed by atoms with E-state index in [2.05, 4.69) is 16.7 Å². The zero-order valence-electron chi connectivity index (χ0n) is 17.8. The number of aliphatic hydroxyl groups is 1. The average molecular weight is 513 g/mol. The number of aliphatic hydroxyl groups excluding tert-OH is 1. The number of nitrogens with two attached hydrogens (primary N) is 1. The minimum atomic E-state index is -4.95. The average Bonchev–Trinajstić information content (AvgIpc) is 2.78. The van der Waals surface area contributed by atoms with Crippen LogP contribution in [0.4, 0.5) is 13.2 Å². The van der Waals surface area contributed by atoms with Gasteiger partial charge in [0, 0.05) is 28.6 Å². The van der Waals surface area contributed by atoms with Crippen molar-refractivity contribution in [3.8, 4) is 0 Å². The van der Waals surface area contributed by atoms with E-state index in [1.807, 2.05) is 0 Å². The first-order chi connectivity index (χ1) is 16.0. The van der Waals surface area contributed by atoms with Crippen molar-refractivity contribution in [2.45, 2.75) is 18.2 Å². The van der Waals surface area contributed by atoms with Crippen LogP contribution in [0.15, 0.2) is 61.2 Å². The molecule has 0 spiro atoms. The van der Waals surface area contributed by atoms with Gasteiger partial charge >= 0.3 is 6.18 Å². The molecule has 0 saturated heterocycles. The highest BCUT2D eigenvalue weighted by atomic mass is 35.5. The van der Waals surface area contributed by atoms with Gasteiger partial charge < -0.3 is 10.4 Å². The van der Waals surface area contributed by atoms with E-state index in [1.54, 1.807) is 24.3 Å². The van der Waals surface area contributed by atoms with Crippen molar-refractivity contribution >= 4 is 45.5 Å². The molecule has 0 aliphatic heterocycles. The smallest absolute Gasteiger partial charge is 0.395 e. The van der Waals surface area contributed by atoms with Gasteiger partial charge in [0.05, 0.1) is 6.61 Å². The standard InChI is InChI=1S/C24H21Cl2F3N2O3/c1-14(13-23(34-30,24(27,28)29)15-10-16(25)12-17(26)11-15)18-6-7-21(22(33)31-8-9-32)20-5-3-2-4-19(18)20/h2-7,10-12,32H,1,8-9,13,30H2,(H,31,33). The van der Waals surface area contributed by atoms with Gasteiger partial charge in [-0.05, 0) is 51.7 Å². The number of benzene rings is 3. The molecule has 5 nitrogen and oxygen atoms in total. The summed E-state index contributed by atoms with van der Waals surface area (Å²) in [6.07, 6.45) is -5.71. The highest BCUT2D eigenvalue weighted by Gasteiger charge is 2.58. The van der Waals surface area contributed by atoms with E-state index < -0.39 is 24.1 Å². The van der Waals surface area contributed by atoms with Crippen LogP contribution in [-0.2, 0) is 10.4 Å². The van der Waals surface area contributed by atoms with E-state index in [0.717, 1.165) is 12.1 Å². The van der Waals surface area contributed by atoms with E-state index in [0.29, 0.717) is 21.9 Å². The molecule has 0 heterocycles. The Morgan fingerprint density at radius 2 is 1.59 bits per heavy atom. The predicted octanol–water partition coefficient (Wildman–Crippen LogP) is 5.62. The van der Waals surface area contributed by atoms with Crippen molar-refractivity contribution in [3.63, 3.8) is 0 Å². The Morgan fingerprint density at radius 1 is 1.03 bits per heavy atom. The van der Waals surface area contributed by atoms with Gasteiger partial charge in [0.25, 0.3) is 5.91 Å². The van der Waals surface area contributed by atoms with Crippen molar-refractivity contribution in [1.29, 1.82) is 0 Å². The molecule has 0 aromatic heterocycles. The fourth-order valence-corrected chi connectivity index (χ4v) is 4.32. The summed E-state index contributed by atoms with van der Waals surface area (Å²) >= 11 is 11.9. The van der Waals surface area contributed by atoms with Crippen LogP contribution in [0.2, 0.25) is 10.0 Å². The van der Waals surface area contributed by atoms with Crippen molar-refractivity contribution in [2.75, 3.05) is 13.2 Å². The van der Waals surface area contributed by atoms with Crippen molar-refractivity contribution < 1.29 is 27.9 Å². The van der Waals surface area contributed by atoms with Gasteiger partial charge in [-0.2, -0.15) is 13.2 Å². The minimum absolute atomic E-state index is 0.0116. The molecule has 1 amide bonds. The van der Waals surface area contributed by atoms with E-state index in [9.17, 15) is 18.0 Å². The van der Waals surface area contributed by atoms with Gasteiger partial charge in [-0.1, -0.05) is 60.1 Å². The summed E-state index contributed by atoms with van der Waals surface area (Å²) < 4.78 is 43.2. The van der Waals surface area contributed by atoms with Crippen LogP contribution in [0.3, 0.4) is 0 Å². The largest absolute Gasteiger partial charge is 0.424 e. The first kappa shape index (κ1) is 26.0. The van der Waals surface area contributed by atoms with Gasteiger partial charge in [-0.15, -0.1) is 0 Å². The molecule has 0 radical (unpaired) electrons. The number of amides is 1. The van der Waals surface area contributed by atoms with Crippen LogP contribution in [0.25, 0.3) is 16.3 Å². The highest BCUT2D eigenvalue weighted by Crippen LogP contribution is 2.48. The van der Waals surface area contributed by atoms with Gasteiger partial charge in [0.2, 0.25) is 5.60 Å². The molecule has 0 aliphatic rings. The lowest BCUT2D eigenvalue weighted by Crippen LogP contribution is -2.47. The third-order valence-electron chi connectivity index (χ3n) is 5.40. The SMILES string of the molecule is C=C(CC(ON)(c1cc(Cl)cc(Cl)c1)C(F)(F)F)c1ccc(C(=O)NCCO)c2ccccc12. The molecule has 180 valence electrons. The van der Waals surface area contributed by atoms with Crippen molar-refractivity contribution in [3.05, 3.63) is 87.9 Å². The highest BCUT2D eigenvalue weighted by molar-refractivity contribution is 6.34. The molecular weight excluding hydrogens is 492 g/mol. The van der Waals surface area contributed by atoms with Crippen molar-refractivity contribution in [2.24, 2.45) is 5.90 Å². The Kier molecular flexibility index (Phi) is 7.90. The molecular formula is C24H21Cl2F3N2O3. The first-order valence-corrected chi connectivity index (χ1v) is 10.8. The Balaban J connectivity index is 2.11. The molecule has 3 aromatic carbocycles. The van der Waals surface area contributed by atoms with Crippen LogP contribution in [-0.4, -0.2) is 30.3 Å². The molecule has 0 saturated carbocycles. The number of carbonyl (C=O) groups excluding carboxylic acids is 1. The van der Waals surface area contributed by atoms with E-state index in [-0.39, 0.29) is 34.3 Å². The number of rotatable bonds is 8. The lowest BCUT2D eigenvalue weighted by molar-refractivity contribution is -0.285. The van der Waals surface area contributed by atoms with Crippen LogP contribution in [0.5, 0.6) is 0 Å². The molecule has 10 heteroatoms. The normalized spacial score (nSPS) is 13.5. The maximum Gasteiger partial charge on any atom is 0.424 e. The number of fused-ring (bicyclic) bond motifs is 1. The summed E-state index contributed by atoms with van der Waals surface area (Å²) in [6, 6.07) is 13.2. The topological polar surface area (TPSA) is 84.6 Å². The summed E-state index contributed by atoms with van der Waals surface area (Å²) in [5, 5.41) is 12.5. The van der Waals surface area contributed by atoms with Gasteiger partial charge in [0.15, 0.2) is 0 Å². The second-order valence-corrected chi connectivity index (χ2v) is 8.44. The van der Waals surface area contributed by atoms with Gasteiger partial charge in [-0.3, -0.25) is 9.63 Å². The molecule has 1 unspecified atom stereocenters. The zero-order chi connectivity index (χ0) is 25.1. The molecule has 0 aliphatic carbocycles. The lowest BCUT2D eigenvalue weighted by atomic mass is 9.83. The quantitative estimate of drug-likeness (QED) is 0.342. The lowest BCUT2D eigenvalue weighted by Gasteiger charge is -2.35. The zero-order valence-corrected chi connectivity index (χ0v) is 19.3. The maximum absolute atomic E-state index is 14.4. The van der Waals surface area contributed by atoms with Crippen LogP contribution in [0.1, 0.15) is 27.9 Å². The summed E-state index contributed by atoms with van der Waals surface area (Å²) in [5.74, 6) is 4.83. The van der Waals surface area contributed by atoms with Crippen molar-refractivity contribution in [1.82, 2.24) is 5.32 Å². The maximum atomic E-state index is 14.4. The fourth-order valence-electron chi connectivity index (χ4n) is 3.80. The Hall–Kier alpha value is -2.62. The molecule has 0 bridgehead atoms. The van der Waals surface area contributed by atoms with Gasteiger partial charge in [-0.25, -0.2) is 5.90 Å². The molecule has 1 atom stereocenters. The molecule has 0 fully saturated rings. The van der Waals surface area contributed by atoms with Crippen LogP contribution in [0, 0.1) is 0 Å². The fraction of sp³-hybridized carbons (Fsp3) is 0.208. The Bertz CT molecular complexity index is 1210. The summed E-state index contributed by atoms with van der Waals surface area (Å²) in [6.45, 7) is 3.71. The van der Waals surface area contributed by atoms with E-state index in [1.165, 1.54) is 18.2 Å². The third-order valence-corrected chi connectivity index (χ3v) is 5.83. The molecule has 4 N–H and O–H groups in total. The summed E-state index contributed by atoms with van der Waals surface area (Å²) in [4.78, 5) is 17.1. The van der Waals surface area contributed by atoms with Gasteiger partial charge in [0.1, 0.15) is 0 Å². The monoisotopic (exact) mass is 512 g/mol. The van der Waals surface area contributed by atoms with Crippen LogP contribution < -0.4 is 11.2 Å². The Labute approximate surface area is 203 Å². The number of carbonyl (C=O) groups is 1. The number of hydrogen-bond acceptors (Lipinski definition) is 4. The number of alkyl halides is 3. The number of nitrogens with one attached hydrogen (secondary N) is 1. The molecule has 34 heavy (non-hydrogen) atoms. The van der Waals surface area contributed by atoms with Crippen LogP contribution >= 0.6 is 23.2 Å². The molecule has 3 rings (SSSR count). The predicted molar refractivity (Wildman–Crippen MR) is 126 cm³/mol. The third kappa shape index (κ3) is 5.06. The summed E-state index contributed by atoms with van der Waals surface area (Å²) in [5.41, 5.74) is -2.59. The minimum Gasteiger partial charge on any atom is -0.395 e. The second-order valence-electron chi connectivity index (χ2n) is 7.57. The Morgan fingerprint density at radius 3 is 2.12 bits per heavy atom. The second kappa shape index (κ2) is 10.3. The molecule has 3 aromatic rings. The summed E-state index contributed by atoms with van der Waals surface area (Å²) in [7, 11) is 0. The first-order valence-electron chi connectivity index (χ1n) is 10.0. The van der Waals surface area contributed by atoms with E-state index >= 15 is 0 Å². The number of hydrogen-bond donors (Lipinski definition) is 3. The van der Waals surface area contributed by atoms with E-state index in [4.69, 9.17) is 34.2 Å².